The smallest absolute Gasteiger partial charge is 0.181 e. The number of ketones is 1. The van der Waals surface area contributed by atoms with Gasteiger partial charge in [0.15, 0.2) is 5.78 Å². The molecule has 1 unspecified atom stereocenters. The molecule has 0 radical (unpaired) electrons. The average Bonchev–Trinajstić information content (AvgIpc) is 3.33. The van der Waals surface area contributed by atoms with Crippen molar-refractivity contribution in [3.63, 3.8) is 0 Å². The second-order valence-corrected chi connectivity index (χ2v) is 6.27. The molecule has 118 valence electrons. The van der Waals surface area contributed by atoms with E-state index in [0.717, 1.165) is 11.1 Å². The predicted molar refractivity (Wildman–Crippen MR) is 96.9 cm³/mol. The van der Waals surface area contributed by atoms with E-state index in [9.17, 15) is 4.79 Å². The highest BCUT2D eigenvalue weighted by atomic mass is 16.1. The largest absolute Gasteiger partial charge is 0.292 e. The second-order valence-electron chi connectivity index (χ2n) is 6.27. The lowest BCUT2D eigenvalue weighted by atomic mass is 9.99. The van der Waals surface area contributed by atoms with Crippen LogP contribution >= 0.6 is 0 Å². The van der Waals surface area contributed by atoms with Crippen LogP contribution in [0.5, 0.6) is 0 Å². The van der Waals surface area contributed by atoms with Gasteiger partial charge < -0.3 is 0 Å². The molecular formula is C22H19NO. The topological polar surface area (TPSA) is 20.1 Å². The van der Waals surface area contributed by atoms with Gasteiger partial charge in [0, 0.05) is 5.56 Å². The number of carbonyl (C=O) groups is 1. The van der Waals surface area contributed by atoms with E-state index < -0.39 is 0 Å². The summed E-state index contributed by atoms with van der Waals surface area (Å²) in [7, 11) is 2.01. The Morgan fingerprint density at radius 3 is 1.92 bits per heavy atom. The molecule has 0 aromatic heterocycles. The third kappa shape index (κ3) is 2.66. The Hall–Kier alpha value is -2.71. The standard InChI is InChI=1S/C22H19NO/c1-23-20(18-10-6-3-7-11-18)21(23)22(24)19-14-12-17(13-15-19)16-8-4-2-5-9-16/h2-15,20-21H,1H3/t20-,21+,23?/m0/s1. The molecule has 0 spiro atoms. The lowest BCUT2D eigenvalue weighted by Crippen LogP contribution is -2.11. The summed E-state index contributed by atoms with van der Waals surface area (Å²) in [5.74, 6) is 0.200. The van der Waals surface area contributed by atoms with Crippen LogP contribution in [0.1, 0.15) is 22.0 Å². The Balaban J connectivity index is 1.53. The summed E-state index contributed by atoms with van der Waals surface area (Å²) >= 11 is 0. The van der Waals surface area contributed by atoms with Crippen LogP contribution in [0.3, 0.4) is 0 Å². The van der Waals surface area contributed by atoms with Crippen LogP contribution in [0.25, 0.3) is 11.1 Å². The van der Waals surface area contributed by atoms with Crippen molar-refractivity contribution in [2.45, 2.75) is 12.1 Å². The Bertz CT molecular complexity index is 840. The first-order chi connectivity index (χ1) is 11.8. The summed E-state index contributed by atoms with van der Waals surface area (Å²) in [6.45, 7) is 0. The lowest BCUT2D eigenvalue weighted by molar-refractivity contribution is 0.0977. The minimum absolute atomic E-state index is 0.0463. The van der Waals surface area contributed by atoms with E-state index in [1.807, 2.05) is 67.7 Å². The molecular weight excluding hydrogens is 294 g/mol. The summed E-state index contributed by atoms with van der Waals surface area (Å²) in [5, 5.41) is 0. The second kappa shape index (κ2) is 6.06. The quantitative estimate of drug-likeness (QED) is 0.518. The number of benzene rings is 3. The highest BCUT2D eigenvalue weighted by molar-refractivity contribution is 6.03. The minimum atomic E-state index is -0.0463. The summed E-state index contributed by atoms with van der Waals surface area (Å²) < 4.78 is 0. The predicted octanol–water partition coefficient (Wildman–Crippen LogP) is 4.59. The number of hydrogen-bond donors (Lipinski definition) is 0. The molecule has 3 atom stereocenters. The Morgan fingerprint density at radius 1 is 0.750 bits per heavy atom. The summed E-state index contributed by atoms with van der Waals surface area (Å²) in [6, 6.07) is 28.6. The van der Waals surface area contributed by atoms with E-state index >= 15 is 0 Å². The van der Waals surface area contributed by atoms with Gasteiger partial charge in [0.2, 0.25) is 0 Å². The van der Waals surface area contributed by atoms with E-state index in [0.29, 0.717) is 0 Å². The van der Waals surface area contributed by atoms with E-state index in [4.69, 9.17) is 0 Å². The van der Waals surface area contributed by atoms with Gasteiger partial charge in [-0.2, -0.15) is 0 Å². The molecule has 0 saturated carbocycles. The van der Waals surface area contributed by atoms with Crippen molar-refractivity contribution < 1.29 is 4.79 Å². The van der Waals surface area contributed by atoms with Gasteiger partial charge in [-0.05, 0) is 23.7 Å². The molecule has 1 fully saturated rings. The van der Waals surface area contributed by atoms with Crippen LogP contribution in [0, 0.1) is 0 Å². The fourth-order valence-electron chi connectivity index (χ4n) is 3.36. The van der Waals surface area contributed by atoms with Crippen molar-refractivity contribution in [2.24, 2.45) is 0 Å². The number of hydrogen-bond acceptors (Lipinski definition) is 2. The van der Waals surface area contributed by atoms with Crippen LogP contribution in [0.4, 0.5) is 0 Å². The zero-order valence-corrected chi connectivity index (χ0v) is 13.6. The Labute approximate surface area is 142 Å². The number of likely N-dealkylation sites (N-methyl/N-ethyl adjacent to an activating group) is 1. The van der Waals surface area contributed by atoms with Crippen molar-refractivity contribution in [1.82, 2.24) is 4.90 Å². The monoisotopic (exact) mass is 313 g/mol. The molecule has 2 heteroatoms. The van der Waals surface area contributed by atoms with Gasteiger partial charge >= 0.3 is 0 Å². The maximum Gasteiger partial charge on any atom is 0.181 e. The van der Waals surface area contributed by atoms with E-state index in [2.05, 4.69) is 29.2 Å². The molecule has 2 nitrogen and oxygen atoms in total. The number of rotatable bonds is 4. The van der Waals surface area contributed by atoms with Crippen LogP contribution in [0.2, 0.25) is 0 Å². The van der Waals surface area contributed by atoms with E-state index in [-0.39, 0.29) is 17.9 Å². The fraction of sp³-hybridized carbons (Fsp3) is 0.136. The molecule has 1 saturated heterocycles. The zero-order chi connectivity index (χ0) is 16.5. The first kappa shape index (κ1) is 14.9. The third-order valence-corrected chi connectivity index (χ3v) is 4.77. The highest BCUT2D eigenvalue weighted by Crippen LogP contribution is 2.42. The molecule has 3 aromatic rings. The van der Waals surface area contributed by atoms with Crippen molar-refractivity contribution in [3.8, 4) is 11.1 Å². The first-order valence-corrected chi connectivity index (χ1v) is 8.22. The summed E-state index contributed by atoms with van der Waals surface area (Å²) in [6.07, 6.45) is 0. The van der Waals surface area contributed by atoms with Crippen LogP contribution in [-0.4, -0.2) is 23.8 Å². The number of nitrogens with zero attached hydrogens (tertiary/aromatic N) is 1. The maximum absolute atomic E-state index is 12.8. The molecule has 4 rings (SSSR count). The normalized spacial score (nSPS) is 22.1. The SMILES string of the molecule is CN1[C@@H](C(=O)c2ccc(-c3ccccc3)cc2)[C@@H]1c1ccccc1. The molecule has 0 amide bonds. The summed E-state index contributed by atoms with van der Waals surface area (Å²) in [5.41, 5.74) is 4.29. The third-order valence-electron chi connectivity index (χ3n) is 4.77. The van der Waals surface area contributed by atoms with Crippen molar-refractivity contribution in [1.29, 1.82) is 0 Å². The van der Waals surface area contributed by atoms with Crippen molar-refractivity contribution >= 4 is 5.78 Å². The van der Waals surface area contributed by atoms with Gasteiger partial charge in [-0.15, -0.1) is 0 Å². The van der Waals surface area contributed by atoms with Gasteiger partial charge in [-0.3, -0.25) is 9.69 Å². The molecule has 0 N–H and O–H groups in total. The fourth-order valence-corrected chi connectivity index (χ4v) is 3.36. The van der Waals surface area contributed by atoms with Crippen molar-refractivity contribution in [3.05, 3.63) is 96.1 Å². The minimum Gasteiger partial charge on any atom is -0.292 e. The first-order valence-electron chi connectivity index (χ1n) is 8.22. The summed E-state index contributed by atoms with van der Waals surface area (Å²) in [4.78, 5) is 14.9. The van der Waals surface area contributed by atoms with Gasteiger partial charge in [0.1, 0.15) is 0 Å². The van der Waals surface area contributed by atoms with E-state index in [1.165, 1.54) is 11.1 Å². The van der Waals surface area contributed by atoms with Gasteiger partial charge in [-0.25, -0.2) is 0 Å². The molecule has 0 aliphatic carbocycles. The Kier molecular flexibility index (Phi) is 3.75. The van der Waals surface area contributed by atoms with Gasteiger partial charge in [-0.1, -0.05) is 84.9 Å². The van der Waals surface area contributed by atoms with Crippen LogP contribution < -0.4 is 0 Å². The van der Waals surface area contributed by atoms with E-state index in [1.54, 1.807) is 0 Å². The molecule has 0 bridgehead atoms. The maximum atomic E-state index is 12.8. The molecule has 1 aliphatic rings. The van der Waals surface area contributed by atoms with Gasteiger partial charge in [0.05, 0.1) is 12.1 Å². The number of carbonyl (C=O) groups excluding carboxylic acids is 1. The van der Waals surface area contributed by atoms with Crippen LogP contribution in [-0.2, 0) is 0 Å². The van der Waals surface area contributed by atoms with Gasteiger partial charge in [0.25, 0.3) is 0 Å². The molecule has 24 heavy (non-hydrogen) atoms. The lowest BCUT2D eigenvalue weighted by Gasteiger charge is -2.04. The van der Waals surface area contributed by atoms with Crippen LogP contribution in [0.15, 0.2) is 84.9 Å². The Morgan fingerprint density at radius 2 is 1.29 bits per heavy atom. The highest BCUT2D eigenvalue weighted by Gasteiger charge is 2.50. The zero-order valence-electron chi connectivity index (χ0n) is 13.6. The molecule has 1 aliphatic heterocycles. The average molecular weight is 313 g/mol. The molecule has 3 aromatic carbocycles. The van der Waals surface area contributed by atoms with Crippen molar-refractivity contribution in [2.75, 3.05) is 7.05 Å². The molecule has 1 heterocycles. The number of Topliss-reactive ketones (excluding diaryl/α,β-unsaturated/α-hetero) is 1.